The van der Waals surface area contributed by atoms with Crippen LogP contribution in [0.25, 0.3) is 0 Å². The Morgan fingerprint density at radius 2 is 2.00 bits per heavy atom. The van der Waals surface area contributed by atoms with Crippen molar-refractivity contribution in [2.24, 2.45) is 0 Å². The molecule has 0 aromatic heterocycles. The summed E-state index contributed by atoms with van der Waals surface area (Å²) in [6.07, 6.45) is 3.78. The Morgan fingerprint density at radius 3 is 2.71 bits per heavy atom. The summed E-state index contributed by atoms with van der Waals surface area (Å²) >= 11 is 0. The topological polar surface area (TPSA) is 12.0 Å². The molecule has 0 saturated heterocycles. The maximum atomic E-state index is 3.61. The first-order chi connectivity index (χ1) is 6.85. The van der Waals surface area contributed by atoms with Gasteiger partial charge < -0.3 is 5.32 Å². The maximum Gasteiger partial charge on any atom is 0.0377 e. The minimum atomic E-state index is 0.676. The molecule has 76 valence electrons. The summed E-state index contributed by atoms with van der Waals surface area (Å²) in [5.74, 6) is 0.761. The second-order valence-corrected chi connectivity index (χ2v) is 4.18. The van der Waals surface area contributed by atoms with Crippen LogP contribution in [0.5, 0.6) is 0 Å². The Bertz CT molecular complexity index is 306. The second-order valence-electron chi connectivity index (χ2n) is 4.18. The van der Waals surface area contributed by atoms with E-state index in [-0.39, 0.29) is 0 Å². The molecule has 1 N–H and O–H groups in total. The van der Waals surface area contributed by atoms with Crippen LogP contribution in [0.4, 0.5) is 5.69 Å². The van der Waals surface area contributed by atoms with E-state index in [1.54, 1.807) is 0 Å². The number of hydrogen-bond acceptors (Lipinski definition) is 1. The summed E-state index contributed by atoms with van der Waals surface area (Å²) in [4.78, 5) is 0. The van der Waals surface area contributed by atoms with Crippen LogP contribution in [0, 0.1) is 0 Å². The molecule has 0 bridgehead atoms. The second kappa shape index (κ2) is 4.04. The zero-order chi connectivity index (χ0) is 9.97. The zero-order valence-electron chi connectivity index (χ0n) is 9.09. The van der Waals surface area contributed by atoms with Crippen molar-refractivity contribution >= 4 is 5.69 Å². The summed E-state index contributed by atoms with van der Waals surface area (Å²) < 4.78 is 0. The van der Waals surface area contributed by atoms with E-state index in [1.807, 2.05) is 0 Å². The van der Waals surface area contributed by atoms with Crippen LogP contribution in [-0.2, 0) is 0 Å². The van der Waals surface area contributed by atoms with E-state index in [9.17, 15) is 0 Å². The molecule has 2 rings (SSSR count). The Hall–Kier alpha value is -0.980. The number of fused-ring (bicyclic) bond motifs is 1. The van der Waals surface area contributed by atoms with Crippen molar-refractivity contribution in [3.05, 3.63) is 29.8 Å². The number of benzene rings is 1. The summed E-state index contributed by atoms with van der Waals surface area (Å²) in [7, 11) is 0. The largest absolute Gasteiger partial charge is 0.382 e. The lowest BCUT2D eigenvalue weighted by Crippen LogP contribution is -2.27. The molecule has 1 heteroatoms. The highest BCUT2D eigenvalue weighted by atomic mass is 14.9. The van der Waals surface area contributed by atoms with Crippen molar-refractivity contribution in [1.82, 2.24) is 0 Å². The predicted molar refractivity (Wildman–Crippen MR) is 61.8 cm³/mol. The van der Waals surface area contributed by atoms with Gasteiger partial charge in [0.15, 0.2) is 0 Å². The van der Waals surface area contributed by atoms with Crippen molar-refractivity contribution in [2.75, 3.05) is 5.32 Å². The number of rotatable bonds is 2. The quantitative estimate of drug-likeness (QED) is 0.746. The van der Waals surface area contributed by atoms with E-state index >= 15 is 0 Å². The van der Waals surface area contributed by atoms with Crippen LogP contribution in [0.15, 0.2) is 24.3 Å². The lowest BCUT2D eigenvalue weighted by Gasteiger charge is -2.32. The van der Waals surface area contributed by atoms with Gasteiger partial charge in [-0.15, -0.1) is 0 Å². The molecule has 1 aliphatic heterocycles. The molecule has 0 amide bonds. The SMILES string of the molecule is CCC1CC(CC)c2ccccc2N1. The minimum absolute atomic E-state index is 0.676. The Balaban J connectivity index is 2.31. The third kappa shape index (κ3) is 1.63. The molecule has 2 atom stereocenters. The maximum absolute atomic E-state index is 3.61. The van der Waals surface area contributed by atoms with E-state index in [0.717, 1.165) is 5.92 Å². The van der Waals surface area contributed by atoms with Gasteiger partial charge in [-0.05, 0) is 36.8 Å². The van der Waals surface area contributed by atoms with Gasteiger partial charge in [-0.2, -0.15) is 0 Å². The molecule has 2 unspecified atom stereocenters. The number of para-hydroxylation sites is 1. The normalized spacial score (nSPS) is 25.3. The van der Waals surface area contributed by atoms with Gasteiger partial charge in [0.25, 0.3) is 0 Å². The van der Waals surface area contributed by atoms with E-state index in [2.05, 4.69) is 43.4 Å². The van der Waals surface area contributed by atoms with Crippen LogP contribution in [0.3, 0.4) is 0 Å². The first kappa shape index (κ1) is 9.57. The van der Waals surface area contributed by atoms with E-state index in [1.165, 1.54) is 30.5 Å². The highest BCUT2D eigenvalue weighted by Crippen LogP contribution is 2.36. The Labute approximate surface area is 86.5 Å². The van der Waals surface area contributed by atoms with Crippen LogP contribution < -0.4 is 5.32 Å². The molecule has 1 heterocycles. The lowest BCUT2D eigenvalue weighted by molar-refractivity contribution is 0.509. The molecular formula is C13H19N. The van der Waals surface area contributed by atoms with E-state index in [0.29, 0.717) is 6.04 Å². The summed E-state index contributed by atoms with van der Waals surface area (Å²) in [5.41, 5.74) is 2.87. The fraction of sp³-hybridized carbons (Fsp3) is 0.538. The summed E-state index contributed by atoms with van der Waals surface area (Å²) in [6, 6.07) is 9.42. The first-order valence-corrected chi connectivity index (χ1v) is 5.70. The molecule has 1 aromatic carbocycles. The number of nitrogens with one attached hydrogen (secondary N) is 1. The van der Waals surface area contributed by atoms with Crippen LogP contribution in [-0.4, -0.2) is 6.04 Å². The molecule has 1 nitrogen and oxygen atoms in total. The third-order valence-electron chi connectivity index (χ3n) is 3.31. The minimum Gasteiger partial charge on any atom is -0.382 e. The monoisotopic (exact) mass is 189 g/mol. The molecule has 0 fully saturated rings. The number of anilines is 1. The van der Waals surface area contributed by atoms with E-state index < -0.39 is 0 Å². The van der Waals surface area contributed by atoms with Crippen molar-refractivity contribution in [3.63, 3.8) is 0 Å². The van der Waals surface area contributed by atoms with Crippen molar-refractivity contribution in [2.45, 2.75) is 45.1 Å². The highest BCUT2D eigenvalue weighted by Gasteiger charge is 2.23. The van der Waals surface area contributed by atoms with Gasteiger partial charge in [-0.1, -0.05) is 32.0 Å². The van der Waals surface area contributed by atoms with Crippen LogP contribution >= 0.6 is 0 Å². The first-order valence-electron chi connectivity index (χ1n) is 5.70. The fourth-order valence-electron chi connectivity index (χ4n) is 2.39. The fourth-order valence-corrected chi connectivity index (χ4v) is 2.39. The molecule has 14 heavy (non-hydrogen) atoms. The molecule has 0 saturated carbocycles. The van der Waals surface area contributed by atoms with Gasteiger partial charge in [0, 0.05) is 11.7 Å². The molecule has 0 radical (unpaired) electrons. The highest BCUT2D eigenvalue weighted by molar-refractivity contribution is 5.55. The number of hydrogen-bond donors (Lipinski definition) is 1. The Morgan fingerprint density at radius 1 is 1.21 bits per heavy atom. The zero-order valence-corrected chi connectivity index (χ0v) is 9.09. The van der Waals surface area contributed by atoms with Gasteiger partial charge in [0.2, 0.25) is 0 Å². The smallest absolute Gasteiger partial charge is 0.0377 e. The third-order valence-corrected chi connectivity index (χ3v) is 3.31. The summed E-state index contributed by atoms with van der Waals surface area (Å²) in [5, 5.41) is 3.61. The molecule has 0 spiro atoms. The average molecular weight is 189 g/mol. The Kier molecular flexibility index (Phi) is 2.76. The van der Waals surface area contributed by atoms with Gasteiger partial charge in [0.1, 0.15) is 0 Å². The summed E-state index contributed by atoms with van der Waals surface area (Å²) in [6.45, 7) is 4.55. The molecular weight excluding hydrogens is 170 g/mol. The van der Waals surface area contributed by atoms with Gasteiger partial charge in [-0.3, -0.25) is 0 Å². The van der Waals surface area contributed by atoms with Crippen LogP contribution in [0.2, 0.25) is 0 Å². The standard InChI is InChI=1S/C13H19N/c1-3-10-9-11(4-2)14-13-8-6-5-7-12(10)13/h5-8,10-11,14H,3-4,9H2,1-2H3. The van der Waals surface area contributed by atoms with Crippen molar-refractivity contribution < 1.29 is 0 Å². The van der Waals surface area contributed by atoms with E-state index in [4.69, 9.17) is 0 Å². The van der Waals surface area contributed by atoms with Crippen LogP contribution in [0.1, 0.15) is 44.6 Å². The van der Waals surface area contributed by atoms with Gasteiger partial charge in [-0.25, -0.2) is 0 Å². The van der Waals surface area contributed by atoms with Crippen molar-refractivity contribution in [1.29, 1.82) is 0 Å². The average Bonchev–Trinajstić information content (AvgIpc) is 2.27. The molecule has 1 aromatic rings. The van der Waals surface area contributed by atoms with Gasteiger partial charge >= 0.3 is 0 Å². The molecule has 0 aliphatic carbocycles. The van der Waals surface area contributed by atoms with Crippen molar-refractivity contribution in [3.8, 4) is 0 Å². The van der Waals surface area contributed by atoms with Gasteiger partial charge in [0.05, 0.1) is 0 Å². The predicted octanol–water partition coefficient (Wildman–Crippen LogP) is 3.77. The molecule has 1 aliphatic rings. The lowest BCUT2D eigenvalue weighted by atomic mass is 9.84.